The van der Waals surface area contributed by atoms with Crippen LogP contribution >= 0.6 is 15.9 Å². The quantitative estimate of drug-likeness (QED) is 0.278. The van der Waals surface area contributed by atoms with Crippen molar-refractivity contribution in [3.8, 4) is 0 Å². The minimum atomic E-state index is -2.04. The van der Waals surface area contributed by atoms with Gasteiger partial charge in [0.1, 0.15) is 10.2 Å². The van der Waals surface area contributed by atoms with E-state index in [2.05, 4.69) is 70.7 Å². The summed E-state index contributed by atoms with van der Waals surface area (Å²) in [7, 11) is -2.04. The van der Waals surface area contributed by atoms with Gasteiger partial charge in [-0.1, -0.05) is 20.8 Å². The number of ether oxygens (including phenoxy) is 2. The van der Waals surface area contributed by atoms with E-state index in [9.17, 15) is 4.79 Å². The summed E-state index contributed by atoms with van der Waals surface area (Å²) < 4.78 is 20.7. The Kier molecular flexibility index (Phi) is 8.46. The predicted molar refractivity (Wildman–Crippen MR) is 161 cm³/mol. The minimum Gasteiger partial charge on any atom is -0.443 e. The Bertz CT molecular complexity index is 1330. The minimum absolute atomic E-state index is 0.0694. The fraction of sp³-hybridized carbons (Fsp3) is 0.536. The lowest BCUT2D eigenvalue weighted by Crippen LogP contribution is -2.41. The fourth-order valence-electron chi connectivity index (χ4n) is 4.07. The van der Waals surface area contributed by atoms with Crippen molar-refractivity contribution in [1.82, 2.24) is 14.4 Å². The average molecular weight is 619 g/mol. The zero-order valence-corrected chi connectivity index (χ0v) is 26.8. The van der Waals surface area contributed by atoms with Crippen LogP contribution in [0.1, 0.15) is 47.1 Å². The highest BCUT2D eigenvalue weighted by Gasteiger charge is 2.37. The first-order chi connectivity index (χ1) is 18.2. The lowest BCUT2D eigenvalue weighted by Gasteiger charge is -2.37. The molecule has 1 aromatic carbocycles. The van der Waals surface area contributed by atoms with E-state index in [1.54, 1.807) is 12.4 Å². The van der Waals surface area contributed by atoms with Gasteiger partial charge in [-0.25, -0.2) is 19.7 Å². The molecule has 1 saturated heterocycles. The number of anilines is 3. The third-order valence-electron chi connectivity index (χ3n) is 7.22. The molecule has 1 amide bonds. The van der Waals surface area contributed by atoms with Crippen molar-refractivity contribution in [3.05, 3.63) is 47.0 Å². The van der Waals surface area contributed by atoms with E-state index in [4.69, 9.17) is 13.9 Å². The van der Waals surface area contributed by atoms with Gasteiger partial charge in [0.2, 0.25) is 0 Å². The number of carbonyl (C=O) groups excluding carboxylic acids is 1. The van der Waals surface area contributed by atoms with Gasteiger partial charge in [0.15, 0.2) is 19.8 Å². The summed E-state index contributed by atoms with van der Waals surface area (Å²) in [6.45, 7) is 20.1. The maximum atomic E-state index is 13.7. The second-order valence-electron chi connectivity index (χ2n) is 12.3. The van der Waals surface area contributed by atoms with Crippen molar-refractivity contribution in [2.45, 2.75) is 71.9 Å². The lowest BCUT2D eigenvalue weighted by molar-refractivity contribution is 0.0598. The molecule has 1 fully saturated rings. The summed E-state index contributed by atoms with van der Waals surface area (Å²) in [5.41, 5.74) is 2.56. The maximum Gasteiger partial charge on any atom is 0.420 e. The molecule has 0 aliphatic carbocycles. The second kappa shape index (κ2) is 11.2. The molecule has 0 radical (unpaired) electrons. The Labute approximate surface area is 240 Å². The van der Waals surface area contributed by atoms with Crippen LogP contribution in [0.5, 0.6) is 0 Å². The number of aromatic nitrogens is 3. The topological polar surface area (TPSA) is 81.4 Å². The molecule has 0 spiro atoms. The van der Waals surface area contributed by atoms with Crippen molar-refractivity contribution in [3.63, 3.8) is 0 Å². The number of hydrogen-bond acceptors (Lipinski definition) is 7. The summed E-state index contributed by atoms with van der Waals surface area (Å²) in [5, 5.41) is 0.0694. The molecule has 0 atom stereocenters. The molecule has 0 N–H and O–H groups in total. The van der Waals surface area contributed by atoms with E-state index in [1.165, 1.54) is 4.90 Å². The molecule has 0 bridgehead atoms. The van der Waals surface area contributed by atoms with Gasteiger partial charge in [0.25, 0.3) is 0 Å². The van der Waals surface area contributed by atoms with Crippen molar-refractivity contribution in [2.75, 3.05) is 36.1 Å². The molecular formula is C28H40BrN5O4Si. The largest absolute Gasteiger partial charge is 0.443 e. The fourth-order valence-corrected chi connectivity index (χ4v) is 5.41. The number of imidazole rings is 1. The molecule has 1 aliphatic rings. The van der Waals surface area contributed by atoms with E-state index in [0.717, 1.165) is 28.9 Å². The molecule has 1 aliphatic heterocycles. The highest BCUT2D eigenvalue weighted by atomic mass is 79.9. The molecule has 0 unspecified atom stereocenters. The van der Waals surface area contributed by atoms with Crippen LogP contribution in [0.25, 0.3) is 5.65 Å². The van der Waals surface area contributed by atoms with Crippen LogP contribution in [0.2, 0.25) is 18.1 Å². The molecule has 4 rings (SSSR count). The number of halogens is 1. The van der Waals surface area contributed by atoms with Gasteiger partial charge in [-0.3, -0.25) is 4.40 Å². The SMILES string of the molecule is CC(C)(C)OC(=O)N(c1ccc(N2CCOCC2)c(CO[Si](C)(C)C(C)(C)C)c1)c1ncc(Br)n2ccnc12. The number of morpholine rings is 1. The van der Waals surface area contributed by atoms with E-state index in [1.807, 2.05) is 43.5 Å². The van der Waals surface area contributed by atoms with Gasteiger partial charge < -0.3 is 18.8 Å². The third-order valence-corrected chi connectivity index (χ3v) is 12.3. The number of fused-ring (bicyclic) bond motifs is 1. The van der Waals surface area contributed by atoms with Gasteiger partial charge in [0, 0.05) is 36.7 Å². The van der Waals surface area contributed by atoms with E-state index < -0.39 is 20.0 Å². The molecule has 0 saturated carbocycles. The number of rotatable bonds is 6. The van der Waals surface area contributed by atoms with Crippen LogP contribution < -0.4 is 9.80 Å². The van der Waals surface area contributed by atoms with Crippen LogP contribution in [0, 0.1) is 0 Å². The van der Waals surface area contributed by atoms with Gasteiger partial charge >= 0.3 is 6.09 Å². The Morgan fingerprint density at radius 1 is 1.13 bits per heavy atom. The van der Waals surface area contributed by atoms with Crippen LogP contribution in [0.15, 0.2) is 41.4 Å². The molecular weight excluding hydrogens is 578 g/mol. The van der Waals surface area contributed by atoms with Crippen LogP contribution in [0.4, 0.5) is 22.0 Å². The van der Waals surface area contributed by atoms with Crippen molar-refractivity contribution in [2.24, 2.45) is 0 Å². The normalized spacial score (nSPS) is 15.1. The Morgan fingerprint density at radius 2 is 1.82 bits per heavy atom. The Hall–Kier alpha value is -2.47. The monoisotopic (exact) mass is 617 g/mol. The number of amides is 1. The summed E-state index contributed by atoms with van der Waals surface area (Å²) >= 11 is 3.52. The van der Waals surface area contributed by atoms with Crippen molar-refractivity contribution < 1.29 is 18.7 Å². The molecule has 11 heteroatoms. The lowest BCUT2D eigenvalue weighted by atomic mass is 10.1. The highest BCUT2D eigenvalue weighted by Crippen LogP contribution is 2.39. The number of hydrogen-bond donors (Lipinski definition) is 0. The molecule has 3 aromatic rings. The smallest absolute Gasteiger partial charge is 0.420 e. The molecule has 9 nitrogen and oxygen atoms in total. The van der Waals surface area contributed by atoms with Crippen LogP contribution in [-0.2, 0) is 20.5 Å². The third kappa shape index (κ3) is 6.64. The van der Waals surface area contributed by atoms with Crippen LogP contribution in [0.3, 0.4) is 0 Å². The van der Waals surface area contributed by atoms with Gasteiger partial charge in [0.05, 0.1) is 31.7 Å². The number of nitrogens with zero attached hydrogens (tertiary/aromatic N) is 5. The summed E-state index contributed by atoms with van der Waals surface area (Å²) in [5.74, 6) is 0.382. The van der Waals surface area contributed by atoms with Crippen LogP contribution in [-0.4, -0.2) is 60.7 Å². The van der Waals surface area contributed by atoms with Gasteiger partial charge in [-0.15, -0.1) is 0 Å². The molecule has 2 aromatic heterocycles. The molecule has 39 heavy (non-hydrogen) atoms. The van der Waals surface area contributed by atoms with E-state index >= 15 is 0 Å². The first kappa shape index (κ1) is 29.5. The first-order valence-corrected chi connectivity index (χ1v) is 17.0. The van der Waals surface area contributed by atoms with Crippen molar-refractivity contribution >= 4 is 53.2 Å². The standard InChI is InChI=1S/C28H40BrN5O4Si/c1-27(2,3)38-26(35)34(25-24-30-11-12-33(24)23(29)18-31-25)21-9-10-22(32-13-15-36-16-14-32)20(17-21)19-37-39(7,8)28(4,5)6/h9-12,17-18H,13-16,19H2,1-8H3. The summed E-state index contributed by atoms with van der Waals surface area (Å²) in [6, 6.07) is 6.02. The van der Waals surface area contributed by atoms with Gasteiger partial charge in [-0.2, -0.15) is 0 Å². The average Bonchev–Trinajstić information content (AvgIpc) is 3.34. The zero-order chi connectivity index (χ0) is 28.6. The van der Waals surface area contributed by atoms with Gasteiger partial charge in [-0.05, 0) is 73.0 Å². The predicted octanol–water partition coefficient (Wildman–Crippen LogP) is 6.92. The second-order valence-corrected chi connectivity index (χ2v) is 17.9. The van der Waals surface area contributed by atoms with E-state index in [0.29, 0.717) is 37.0 Å². The zero-order valence-electron chi connectivity index (χ0n) is 24.2. The number of benzene rings is 1. The van der Waals surface area contributed by atoms with Crippen molar-refractivity contribution in [1.29, 1.82) is 0 Å². The molecule has 212 valence electrons. The van der Waals surface area contributed by atoms with E-state index in [-0.39, 0.29) is 5.04 Å². The Morgan fingerprint density at radius 3 is 2.46 bits per heavy atom. The Balaban J connectivity index is 1.83. The molecule has 3 heterocycles. The first-order valence-electron chi connectivity index (χ1n) is 13.3. The highest BCUT2D eigenvalue weighted by molar-refractivity contribution is 9.10. The maximum absolute atomic E-state index is 13.7. The summed E-state index contributed by atoms with van der Waals surface area (Å²) in [6.07, 6.45) is 4.62. The number of carbonyl (C=O) groups is 1. The summed E-state index contributed by atoms with van der Waals surface area (Å²) in [4.78, 5) is 26.6.